The number of methoxy groups -OCH3 is 2. The van der Waals surface area contributed by atoms with Gasteiger partial charge in [-0.25, -0.2) is 8.42 Å². The van der Waals surface area contributed by atoms with Gasteiger partial charge in [-0.15, -0.1) is 0 Å². The fourth-order valence-corrected chi connectivity index (χ4v) is 3.97. The summed E-state index contributed by atoms with van der Waals surface area (Å²) in [5.74, 6) is 0.121. The first kappa shape index (κ1) is 22.0. The molecule has 0 saturated carbocycles. The van der Waals surface area contributed by atoms with Crippen molar-refractivity contribution < 1.29 is 22.7 Å². The molecule has 0 bridgehead atoms. The lowest BCUT2D eigenvalue weighted by molar-refractivity contribution is -0.119. The summed E-state index contributed by atoms with van der Waals surface area (Å²) in [5.41, 5.74) is 0.340. The number of hydrogen-bond acceptors (Lipinski definition) is 5. The minimum atomic E-state index is -3.97. The van der Waals surface area contributed by atoms with Crippen LogP contribution in [0.2, 0.25) is 5.02 Å². The van der Waals surface area contributed by atoms with E-state index in [0.29, 0.717) is 36.0 Å². The van der Waals surface area contributed by atoms with E-state index in [2.05, 4.69) is 5.32 Å². The molecule has 28 heavy (non-hydrogen) atoms. The maximum absolute atomic E-state index is 13.2. The quantitative estimate of drug-likeness (QED) is 0.590. The summed E-state index contributed by atoms with van der Waals surface area (Å²) in [6, 6.07) is 12.2. The Morgan fingerprint density at radius 3 is 2.29 bits per heavy atom. The van der Waals surface area contributed by atoms with E-state index in [1.807, 2.05) is 0 Å². The number of anilines is 1. The number of rotatable bonds is 10. The van der Waals surface area contributed by atoms with Crippen molar-refractivity contribution in [2.45, 2.75) is 11.3 Å². The highest BCUT2D eigenvalue weighted by atomic mass is 35.5. The molecule has 2 aromatic carbocycles. The molecule has 2 aromatic rings. The Morgan fingerprint density at radius 1 is 1.07 bits per heavy atom. The van der Waals surface area contributed by atoms with E-state index in [1.165, 1.54) is 19.2 Å². The summed E-state index contributed by atoms with van der Waals surface area (Å²) in [5, 5.41) is 3.17. The lowest BCUT2D eigenvalue weighted by Crippen LogP contribution is -2.41. The van der Waals surface area contributed by atoms with Crippen molar-refractivity contribution in [1.29, 1.82) is 0 Å². The number of amides is 1. The molecule has 0 atom stereocenters. The van der Waals surface area contributed by atoms with Gasteiger partial charge in [0, 0.05) is 25.3 Å². The van der Waals surface area contributed by atoms with E-state index >= 15 is 0 Å². The van der Waals surface area contributed by atoms with Crippen molar-refractivity contribution in [3.8, 4) is 5.75 Å². The van der Waals surface area contributed by atoms with Gasteiger partial charge in [0.15, 0.2) is 0 Å². The molecule has 0 saturated heterocycles. The number of carbonyl (C=O) groups excluding carboxylic acids is 1. The summed E-state index contributed by atoms with van der Waals surface area (Å²) < 4.78 is 37.4. The van der Waals surface area contributed by atoms with Crippen LogP contribution in [-0.4, -0.2) is 48.2 Å². The molecule has 0 heterocycles. The van der Waals surface area contributed by atoms with Gasteiger partial charge in [-0.3, -0.25) is 9.10 Å². The van der Waals surface area contributed by atoms with E-state index in [1.54, 1.807) is 43.5 Å². The third-order valence-electron chi connectivity index (χ3n) is 3.90. The number of halogens is 1. The highest BCUT2D eigenvalue weighted by Gasteiger charge is 2.27. The molecule has 0 aromatic heterocycles. The average molecular weight is 427 g/mol. The lowest BCUT2D eigenvalue weighted by Gasteiger charge is -2.24. The predicted molar refractivity (Wildman–Crippen MR) is 108 cm³/mol. The second-order valence-corrected chi connectivity index (χ2v) is 8.16. The zero-order valence-electron chi connectivity index (χ0n) is 15.7. The minimum Gasteiger partial charge on any atom is -0.497 e. The Kier molecular flexibility index (Phi) is 8.10. The molecule has 1 N–H and O–H groups in total. The Hall–Kier alpha value is -2.29. The minimum absolute atomic E-state index is 0.0513. The van der Waals surface area contributed by atoms with E-state index in [9.17, 15) is 13.2 Å². The molecule has 2 rings (SSSR count). The first-order chi connectivity index (χ1) is 13.4. The van der Waals surface area contributed by atoms with Gasteiger partial charge >= 0.3 is 0 Å². The number of sulfonamides is 1. The van der Waals surface area contributed by atoms with Gasteiger partial charge in [0.1, 0.15) is 12.3 Å². The number of nitrogens with zero attached hydrogens (tertiary/aromatic N) is 1. The van der Waals surface area contributed by atoms with Crippen molar-refractivity contribution in [2.75, 3.05) is 38.2 Å². The lowest BCUT2D eigenvalue weighted by atomic mass is 10.3. The third kappa shape index (κ3) is 5.85. The Morgan fingerprint density at radius 2 is 1.71 bits per heavy atom. The molecule has 9 heteroatoms. The molecular weight excluding hydrogens is 404 g/mol. The van der Waals surface area contributed by atoms with Crippen LogP contribution in [0.25, 0.3) is 0 Å². The Bertz CT molecular complexity index is 870. The molecule has 0 aliphatic heterocycles. The number of hydrogen-bond donors (Lipinski definition) is 1. The SMILES string of the molecule is COCCCNC(=O)CN(c1ccc(Cl)cc1)S(=O)(=O)c1ccc(OC)cc1. The van der Waals surface area contributed by atoms with Gasteiger partial charge in [-0.05, 0) is 55.0 Å². The van der Waals surface area contributed by atoms with Crippen LogP contribution in [0.15, 0.2) is 53.4 Å². The molecule has 0 radical (unpaired) electrons. The summed E-state index contributed by atoms with van der Waals surface area (Å²) in [4.78, 5) is 12.4. The van der Waals surface area contributed by atoms with Crippen LogP contribution in [0.4, 0.5) is 5.69 Å². The monoisotopic (exact) mass is 426 g/mol. The van der Waals surface area contributed by atoms with E-state index in [4.69, 9.17) is 21.1 Å². The van der Waals surface area contributed by atoms with Crippen molar-refractivity contribution in [1.82, 2.24) is 5.32 Å². The van der Waals surface area contributed by atoms with Gasteiger partial charge in [-0.1, -0.05) is 11.6 Å². The van der Waals surface area contributed by atoms with Crippen LogP contribution in [0.5, 0.6) is 5.75 Å². The van der Waals surface area contributed by atoms with Gasteiger partial charge < -0.3 is 14.8 Å². The van der Waals surface area contributed by atoms with E-state index < -0.39 is 15.9 Å². The molecule has 152 valence electrons. The topological polar surface area (TPSA) is 84.9 Å². The van der Waals surface area contributed by atoms with Crippen molar-refractivity contribution >= 4 is 33.2 Å². The van der Waals surface area contributed by atoms with Crippen LogP contribution in [0, 0.1) is 0 Å². The van der Waals surface area contributed by atoms with Gasteiger partial charge in [0.2, 0.25) is 5.91 Å². The van der Waals surface area contributed by atoms with Gasteiger partial charge in [-0.2, -0.15) is 0 Å². The molecule has 1 amide bonds. The molecular formula is C19H23ClN2O5S. The second-order valence-electron chi connectivity index (χ2n) is 5.86. The second kappa shape index (κ2) is 10.3. The molecule has 0 aliphatic carbocycles. The maximum Gasteiger partial charge on any atom is 0.264 e. The number of benzene rings is 2. The number of carbonyl (C=O) groups is 1. The zero-order chi connectivity index (χ0) is 20.6. The zero-order valence-corrected chi connectivity index (χ0v) is 17.3. The first-order valence-electron chi connectivity index (χ1n) is 8.56. The fraction of sp³-hybridized carbons (Fsp3) is 0.316. The smallest absolute Gasteiger partial charge is 0.264 e. The molecule has 0 fully saturated rings. The summed E-state index contributed by atoms with van der Waals surface area (Å²) in [7, 11) is -0.901. The molecule has 0 unspecified atom stereocenters. The third-order valence-corrected chi connectivity index (χ3v) is 5.94. The summed E-state index contributed by atoms with van der Waals surface area (Å²) in [6.07, 6.45) is 0.633. The van der Waals surface area contributed by atoms with Crippen molar-refractivity contribution in [2.24, 2.45) is 0 Å². The normalized spacial score (nSPS) is 11.1. The van der Waals surface area contributed by atoms with E-state index in [-0.39, 0.29) is 11.4 Å². The highest BCUT2D eigenvalue weighted by Crippen LogP contribution is 2.26. The number of nitrogens with one attached hydrogen (secondary N) is 1. The number of ether oxygens (including phenoxy) is 2. The van der Waals surface area contributed by atoms with Crippen LogP contribution in [-0.2, 0) is 19.6 Å². The highest BCUT2D eigenvalue weighted by molar-refractivity contribution is 7.92. The average Bonchev–Trinajstić information content (AvgIpc) is 2.70. The van der Waals surface area contributed by atoms with E-state index in [0.717, 1.165) is 4.31 Å². The van der Waals surface area contributed by atoms with Crippen LogP contribution in [0.1, 0.15) is 6.42 Å². The fourth-order valence-electron chi connectivity index (χ4n) is 2.43. The van der Waals surface area contributed by atoms with Crippen LogP contribution < -0.4 is 14.4 Å². The van der Waals surface area contributed by atoms with Crippen molar-refractivity contribution in [3.63, 3.8) is 0 Å². The van der Waals surface area contributed by atoms with Crippen molar-refractivity contribution in [3.05, 3.63) is 53.6 Å². The summed E-state index contributed by atoms with van der Waals surface area (Å²) in [6.45, 7) is 0.540. The standard InChI is InChI=1S/C19H23ClN2O5S/c1-26-13-3-12-21-19(23)14-22(16-6-4-15(20)5-7-16)28(24,25)18-10-8-17(27-2)9-11-18/h4-11H,3,12-14H2,1-2H3,(H,21,23). The molecule has 0 spiro atoms. The maximum atomic E-state index is 13.2. The Balaban J connectivity index is 2.28. The van der Waals surface area contributed by atoms with Crippen LogP contribution >= 0.6 is 11.6 Å². The molecule has 7 nitrogen and oxygen atoms in total. The molecule has 0 aliphatic rings. The van der Waals surface area contributed by atoms with Gasteiger partial charge in [0.25, 0.3) is 10.0 Å². The van der Waals surface area contributed by atoms with Crippen LogP contribution in [0.3, 0.4) is 0 Å². The Labute approximate surface area is 170 Å². The van der Waals surface area contributed by atoms with Gasteiger partial charge in [0.05, 0.1) is 17.7 Å². The largest absolute Gasteiger partial charge is 0.497 e. The summed E-state index contributed by atoms with van der Waals surface area (Å²) >= 11 is 5.91. The predicted octanol–water partition coefficient (Wildman–Crippen LogP) is 2.70. The first-order valence-corrected chi connectivity index (χ1v) is 10.4.